The van der Waals surface area contributed by atoms with E-state index < -0.39 is 12.1 Å². The Balaban J connectivity index is 0.000000383. The molecule has 4 rings (SSSR count). The fraction of sp³-hybridized carbons (Fsp3) is 0.708. The first-order valence-electron chi connectivity index (χ1n) is 11.6. The summed E-state index contributed by atoms with van der Waals surface area (Å²) in [6.45, 7) is 8.91. The van der Waals surface area contributed by atoms with E-state index in [4.69, 9.17) is 24.1 Å². The number of carboxylic acid groups (broad SMARTS) is 1. The smallest absolute Gasteiger partial charge is 0.475 e. The maximum Gasteiger partial charge on any atom is 0.490 e. The molecule has 3 fully saturated rings. The van der Waals surface area contributed by atoms with Crippen LogP contribution in [0.25, 0.3) is 0 Å². The molecule has 3 heterocycles. The quantitative estimate of drug-likeness (QED) is 0.692. The summed E-state index contributed by atoms with van der Waals surface area (Å²) in [5.41, 5.74) is 2.82. The van der Waals surface area contributed by atoms with Gasteiger partial charge in [-0.2, -0.15) is 13.2 Å². The van der Waals surface area contributed by atoms with Crippen LogP contribution in [-0.4, -0.2) is 73.4 Å². The van der Waals surface area contributed by atoms with E-state index in [0.29, 0.717) is 12.0 Å². The van der Waals surface area contributed by atoms with Crippen molar-refractivity contribution in [2.75, 3.05) is 39.5 Å². The molecule has 0 aliphatic carbocycles. The lowest BCUT2D eigenvalue weighted by atomic mass is 9.87. The lowest BCUT2D eigenvalue weighted by Gasteiger charge is -2.38. The zero-order valence-electron chi connectivity index (χ0n) is 19.1. The average Bonchev–Trinajstić information content (AvgIpc) is 3.19. The van der Waals surface area contributed by atoms with Crippen LogP contribution >= 0.6 is 0 Å². The summed E-state index contributed by atoms with van der Waals surface area (Å²) in [6.07, 6.45) is 0.849. The van der Waals surface area contributed by atoms with Gasteiger partial charge in [0.2, 0.25) is 0 Å². The number of aryl methyl sites for hydroxylation is 1. The molecular formula is C24H34F3NO5. The number of carboxylic acids is 1. The summed E-state index contributed by atoms with van der Waals surface area (Å²) in [7, 11) is 0. The molecule has 0 saturated carbocycles. The molecule has 0 amide bonds. The molecular weight excluding hydrogens is 439 g/mol. The van der Waals surface area contributed by atoms with Crippen molar-refractivity contribution in [3.63, 3.8) is 0 Å². The zero-order valence-corrected chi connectivity index (χ0v) is 19.1. The van der Waals surface area contributed by atoms with Crippen LogP contribution in [0, 0.1) is 12.8 Å². The van der Waals surface area contributed by atoms with E-state index in [9.17, 15) is 13.2 Å². The van der Waals surface area contributed by atoms with Crippen LogP contribution in [0.3, 0.4) is 0 Å². The monoisotopic (exact) mass is 473 g/mol. The van der Waals surface area contributed by atoms with E-state index >= 15 is 0 Å². The Morgan fingerprint density at radius 3 is 2.36 bits per heavy atom. The highest BCUT2D eigenvalue weighted by atomic mass is 19.4. The molecule has 0 aromatic heterocycles. The van der Waals surface area contributed by atoms with Gasteiger partial charge in [0.15, 0.2) is 0 Å². The number of hydrogen-bond acceptors (Lipinski definition) is 5. The molecule has 3 saturated heterocycles. The number of halogens is 3. The summed E-state index contributed by atoms with van der Waals surface area (Å²) in [5.74, 6) is -2.08. The highest BCUT2D eigenvalue weighted by Crippen LogP contribution is 2.37. The van der Waals surface area contributed by atoms with Crippen LogP contribution in [0.1, 0.15) is 43.2 Å². The Morgan fingerprint density at radius 1 is 1.18 bits per heavy atom. The van der Waals surface area contributed by atoms with Crippen LogP contribution in [0.5, 0.6) is 0 Å². The highest BCUT2D eigenvalue weighted by Gasteiger charge is 2.43. The van der Waals surface area contributed by atoms with Crippen molar-refractivity contribution in [1.29, 1.82) is 0 Å². The second-order valence-corrected chi connectivity index (χ2v) is 9.27. The Hall–Kier alpha value is -1.68. The van der Waals surface area contributed by atoms with E-state index in [2.05, 4.69) is 36.1 Å². The van der Waals surface area contributed by atoms with E-state index in [1.807, 2.05) is 0 Å². The maximum absolute atomic E-state index is 10.6. The molecule has 3 aliphatic heterocycles. The van der Waals surface area contributed by atoms with Crippen LogP contribution in [0.2, 0.25) is 0 Å². The van der Waals surface area contributed by atoms with Gasteiger partial charge in [-0.1, -0.05) is 29.8 Å². The third-order valence-electron chi connectivity index (χ3n) is 6.62. The standard InChI is InChI=1S/C22H33NO3.C2HF3O2/c1-18-2-4-19(5-3-18)15-23-10-8-22(9-11-23)14-21(17-26-22)25-16-20-6-12-24-13-7-20;3-2(4,5)1(6)7/h2-5,20-21H,6-17H2,1H3;(H,6,7). The first kappa shape index (κ1) is 25.9. The van der Waals surface area contributed by atoms with Crippen molar-refractivity contribution in [2.24, 2.45) is 5.92 Å². The summed E-state index contributed by atoms with van der Waals surface area (Å²) >= 11 is 0. The summed E-state index contributed by atoms with van der Waals surface area (Å²) < 4.78 is 49.7. The van der Waals surface area contributed by atoms with E-state index in [1.54, 1.807) is 0 Å². The van der Waals surface area contributed by atoms with Gasteiger partial charge in [0.25, 0.3) is 0 Å². The molecule has 186 valence electrons. The minimum absolute atomic E-state index is 0.0735. The third-order valence-corrected chi connectivity index (χ3v) is 6.62. The van der Waals surface area contributed by atoms with E-state index in [1.165, 1.54) is 11.1 Å². The van der Waals surface area contributed by atoms with Crippen molar-refractivity contribution < 1.29 is 37.3 Å². The number of nitrogens with zero attached hydrogens (tertiary/aromatic N) is 1. The van der Waals surface area contributed by atoms with Crippen LogP contribution < -0.4 is 0 Å². The van der Waals surface area contributed by atoms with E-state index in [0.717, 1.165) is 78.2 Å². The van der Waals surface area contributed by atoms with Gasteiger partial charge in [-0.3, -0.25) is 4.90 Å². The first-order chi connectivity index (χ1) is 15.7. The average molecular weight is 474 g/mol. The predicted molar refractivity (Wildman–Crippen MR) is 116 cm³/mol. The Labute approximate surface area is 193 Å². The minimum Gasteiger partial charge on any atom is -0.475 e. The van der Waals surface area contributed by atoms with E-state index in [-0.39, 0.29) is 5.60 Å². The fourth-order valence-corrected chi connectivity index (χ4v) is 4.51. The maximum atomic E-state index is 10.6. The molecule has 33 heavy (non-hydrogen) atoms. The highest BCUT2D eigenvalue weighted by molar-refractivity contribution is 5.73. The van der Waals surface area contributed by atoms with Gasteiger partial charge in [0.1, 0.15) is 0 Å². The number of hydrogen-bond donors (Lipinski definition) is 1. The third kappa shape index (κ3) is 8.24. The van der Waals surface area contributed by atoms with Crippen molar-refractivity contribution in [3.8, 4) is 0 Å². The Kier molecular flexibility index (Phi) is 9.15. The lowest BCUT2D eigenvalue weighted by Crippen LogP contribution is -2.44. The van der Waals surface area contributed by atoms with Gasteiger partial charge < -0.3 is 19.3 Å². The van der Waals surface area contributed by atoms with Gasteiger partial charge >= 0.3 is 12.1 Å². The lowest BCUT2D eigenvalue weighted by molar-refractivity contribution is -0.192. The molecule has 1 atom stereocenters. The molecule has 1 spiro atoms. The van der Waals surface area contributed by atoms with Gasteiger partial charge in [0, 0.05) is 39.3 Å². The largest absolute Gasteiger partial charge is 0.490 e. The number of alkyl halides is 3. The molecule has 3 aliphatic rings. The van der Waals surface area contributed by atoms with Crippen LogP contribution in [0.15, 0.2) is 24.3 Å². The fourth-order valence-electron chi connectivity index (χ4n) is 4.51. The molecule has 1 aromatic carbocycles. The predicted octanol–water partition coefficient (Wildman–Crippen LogP) is 4.20. The topological polar surface area (TPSA) is 68.2 Å². The second kappa shape index (κ2) is 11.6. The number of aliphatic carboxylic acids is 1. The van der Waals surface area contributed by atoms with Crippen LogP contribution in [0.4, 0.5) is 13.2 Å². The Bertz CT molecular complexity index is 741. The second-order valence-electron chi connectivity index (χ2n) is 9.27. The van der Waals surface area contributed by atoms with Gasteiger partial charge in [-0.05, 0) is 44.1 Å². The minimum atomic E-state index is -5.08. The zero-order chi connectivity index (χ0) is 23.9. The van der Waals surface area contributed by atoms with Crippen molar-refractivity contribution in [3.05, 3.63) is 35.4 Å². The number of benzene rings is 1. The molecule has 0 bridgehead atoms. The Morgan fingerprint density at radius 2 is 1.79 bits per heavy atom. The van der Waals surface area contributed by atoms with Crippen LogP contribution in [-0.2, 0) is 25.5 Å². The molecule has 1 unspecified atom stereocenters. The normalized spacial score (nSPS) is 23.8. The summed E-state index contributed by atoms with van der Waals surface area (Å²) in [6, 6.07) is 8.93. The molecule has 1 aromatic rings. The molecule has 6 nitrogen and oxygen atoms in total. The first-order valence-corrected chi connectivity index (χ1v) is 11.6. The van der Waals surface area contributed by atoms with Gasteiger partial charge in [-0.25, -0.2) is 4.79 Å². The number of piperidine rings is 1. The number of likely N-dealkylation sites (tertiary alicyclic amines) is 1. The van der Waals surface area contributed by atoms with Crippen molar-refractivity contribution >= 4 is 5.97 Å². The van der Waals surface area contributed by atoms with Gasteiger partial charge in [0.05, 0.1) is 24.9 Å². The number of ether oxygens (including phenoxy) is 3. The number of carbonyl (C=O) groups is 1. The summed E-state index contributed by atoms with van der Waals surface area (Å²) in [4.78, 5) is 11.5. The number of rotatable bonds is 5. The SMILES string of the molecule is Cc1ccc(CN2CCC3(CC2)CC(OCC2CCOCC2)CO3)cc1.O=C(O)C(F)(F)F. The van der Waals surface area contributed by atoms with Crippen molar-refractivity contribution in [1.82, 2.24) is 4.90 Å². The van der Waals surface area contributed by atoms with Gasteiger partial charge in [-0.15, -0.1) is 0 Å². The summed E-state index contributed by atoms with van der Waals surface area (Å²) in [5, 5.41) is 7.12. The molecule has 9 heteroatoms. The molecule has 0 radical (unpaired) electrons. The molecule has 1 N–H and O–H groups in total. The van der Waals surface area contributed by atoms with Crippen molar-refractivity contribution in [2.45, 2.75) is 63.5 Å².